The van der Waals surface area contributed by atoms with Crippen LogP contribution in [-0.4, -0.2) is 16.6 Å². The van der Waals surface area contributed by atoms with E-state index < -0.39 is 11.4 Å². The topological polar surface area (TPSA) is 54.4 Å². The molecule has 1 aromatic carbocycles. The summed E-state index contributed by atoms with van der Waals surface area (Å²) in [5.74, 6) is -0.0241. The number of ketones is 1. The van der Waals surface area contributed by atoms with Crippen molar-refractivity contribution in [2.45, 2.75) is 19.4 Å². The maximum atomic E-state index is 13.4. The molecule has 1 N–H and O–H groups in total. The molecule has 0 bridgehead atoms. The molecule has 0 fully saturated rings. The third-order valence-corrected chi connectivity index (χ3v) is 4.78. The molecule has 7 heteroatoms. The van der Waals surface area contributed by atoms with E-state index >= 15 is 0 Å². The minimum absolute atomic E-state index is 0.137. The summed E-state index contributed by atoms with van der Waals surface area (Å²) in [6, 6.07) is 4.09. The van der Waals surface area contributed by atoms with Crippen molar-refractivity contribution in [1.29, 1.82) is 0 Å². The summed E-state index contributed by atoms with van der Waals surface area (Å²) in [7, 11) is 0. The Labute approximate surface area is 141 Å². The van der Waals surface area contributed by atoms with E-state index in [9.17, 15) is 9.18 Å². The van der Waals surface area contributed by atoms with E-state index in [1.807, 2.05) is 5.38 Å². The van der Waals surface area contributed by atoms with E-state index in [4.69, 9.17) is 11.6 Å². The highest BCUT2D eigenvalue weighted by Gasteiger charge is 2.38. The number of hydrogen-bond donors (Lipinski definition) is 1. The maximum absolute atomic E-state index is 13.4. The number of thiazole rings is 1. The molecule has 0 amide bonds. The lowest BCUT2D eigenvalue weighted by atomic mass is 9.82. The van der Waals surface area contributed by atoms with Crippen LogP contribution in [0.3, 0.4) is 0 Å². The van der Waals surface area contributed by atoms with Gasteiger partial charge in [-0.2, -0.15) is 0 Å². The van der Waals surface area contributed by atoms with Crippen LogP contribution in [0.4, 0.5) is 4.39 Å². The number of rotatable bonds is 3. The summed E-state index contributed by atoms with van der Waals surface area (Å²) < 4.78 is 13.4. The minimum atomic E-state index is -1.01. The molecular weight excluding hydrogens is 337 g/mol. The standard InChI is InChI=1S/C16H13ClFN3OS/c1-9(22)12-8-20-14(15-19-5-6-23-15)21-16(12,2)11-4-3-10(18)7-13(11)17/h3-8H,1-2H3,(H,20,21). The van der Waals surface area contributed by atoms with Crippen molar-refractivity contribution < 1.29 is 9.18 Å². The number of aromatic nitrogens is 1. The van der Waals surface area contributed by atoms with Gasteiger partial charge in [-0.3, -0.25) is 4.79 Å². The second-order valence-corrected chi connectivity index (χ2v) is 6.55. The van der Waals surface area contributed by atoms with E-state index in [2.05, 4.69) is 15.3 Å². The second-order valence-electron chi connectivity index (χ2n) is 5.25. The summed E-state index contributed by atoms with van der Waals surface area (Å²) in [4.78, 5) is 21.0. The van der Waals surface area contributed by atoms with Crippen molar-refractivity contribution >= 4 is 34.6 Å². The molecule has 0 saturated carbocycles. The SMILES string of the molecule is CC(=O)C1=CNC(c2nccs2)=NC1(C)c1ccc(F)cc1Cl. The molecule has 1 aromatic heterocycles. The lowest BCUT2D eigenvalue weighted by Crippen LogP contribution is -2.37. The van der Waals surface area contributed by atoms with Gasteiger partial charge in [-0.15, -0.1) is 11.3 Å². The number of halogens is 2. The fraction of sp³-hybridized carbons (Fsp3) is 0.188. The number of nitrogens with one attached hydrogen (secondary N) is 1. The lowest BCUT2D eigenvalue weighted by Gasteiger charge is -2.32. The summed E-state index contributed by atoms with van der Waals surface area (Å²) in [5, 5.41) is 5.77. The van der Waals surface area contributed by atoms with Gasteiger partial charge in [-0.25, -0.2) is 14.4 Å². The highest BCUT2D eigenvalue weighted by molar-refractivity contribution is 7.11. The number of hydrogen-bond acceptors (Lipinski definition) is 5. The van der Waals surface area contributed by atoms with Gasteiger partial charge in [0.1, 0.15) is 11.4 Å². The van der Waals surface area contributed by atoms with Crippen LogP contribution in [0, 0.1) is 5.82 Å². The lowest BCUT2D eigenvalue weighted by molar-refractivity contribution is -0.114. The predicted octanol–water partition coefficient (Wildman–Crippen LogP) is 3.67. The van der Waals surface area contributed by atoms with Crippen LogP contribution in [0.2, 0.25) is 5.02 Å². The van der Waals surface area contributed by atoms with Gasteiger partial charge in [0.2, 0.25) is 0 Å². The molecule has 1 unspecified atom stereocenters. The van der Waals surface area contributed by atoms with E-state index in [-0.39, 0.29) is 10.8 Å². The molecule has 0 saturated heterocycles. The number of benzene rings is 1. The van der Waals surface area contributed by atoms with Crippen LogP contribution in [0.15, 0.2) is 46.5 Å². The Bertz CT molecular complexity index is 832. The van der Waals surface area contributed by atoms with Gasteiger partial charge in [-0.1, -0.05) is 17.7 Å². The number of carbonyl (C=O) groups is 1. The van der Waals surface area contributed by atoms with Crippen molar-refractivity contribution in [1.82, 2.24) is 10.3 Å². The van der Waals surface area contributed by atoms with E-state index in [1.54, 1.807) is 25.4 Å². The Hall–Kier alpha value is -2.05. The molecule has 0 spiro atoms. The summed E-state index contributed by atoms with van der Waals surface area (Å²) in [6.45, 7) is 3.25. The molecule has 1 aliphatic heterocycles. The second kappa shape index (κ2) is 5.86. The molecule has 4 nitrogen and oxygen atoms in total. The average Bonchev–Trinajstić information content (AvgIpc) is 3.00. The fourth-order valence-corrected chi connectivity index (χ4v) is 3.52. The third kappa shape index (κ3) is 2.80. The highest BCUT2D eigenvalue weighted by atomic mass is 35.5. The first kappa shape index (κ1) is 15.8. The summed E-state index contributed by atoms with van der Waals surface area (Å²) >= 11 is 7.64. The first-order valence-electron chi connectivity index (χ1n) is 6.85. The van der Waals surface area contributed by atoms with E-state index in [0.29, 0.717) is 22.0 Å². The van der Waals surface area contributed by atoms with Crippen molar-refractivity contribution in [2.75, 3.05) is 0 Å². The van der Waals surface area contributed by atoms with Gasteiger partial charge in [0, 0.05) is 33.9 Å². The van der Waals surface area contributed by atoms with Gasteiger partial charge in [0.25, 0.3) is 0 Å². The number of carbonyl (C=O) groups excluding carboxylic acids is 1. The zero-order valence-corrected chi connectivity index (χ0v) is 14.0. The van der Waals surface area contributed by atoms with Gasteiger partial charge in [-0.05, 0) is 26.0 Å². The predicted molar refractivity (Wildman–Crippen MR) is 89.3 cm³/mol. The molecule has 2 heterocycles. The zero-order chi connectivity index (χ0) is 16.6. The molecule has 1 aliphatic rings. The molecule has 0 aliphatic carbocycles. The van der Waals surface area contributed by atoms with Gasteiger partial charge in [0.05, 0.1) is 0 Å². The average molecular weight is 350 g/mol. The van der Waals surface area contributed by atoms with Crippen molar-refractivity contribution in [3.8, 4) is 0 Å². The Morgan fingerprint density at radius 3 is 2.83 bits per heavy atom. The minimum Gasteiger partial charge on any atom is -0.344 e. The van der Waals surface area contributed by atoms with Crippen LogP contribution >= 0.6 is 22.9 Å². The molecule has 23 heavy (non-hydrogen) atoms. The van der Waals surface area contributed by atoms with Gasteiger partial charge < -0.3 is 5.32 Å². The van der Waals surface area contributed by atoms with Crippen LogP contribution in [0.5, 0.6) is 0 Å². The normalized spacial score (nSPS) is 20.5. The van der Waals surface area contributed by atoms with Crippen LogP contribution in [0.1, 0.15) is 24.4 Å². The number of aliphatic imine (C=N–C) groups is 1. The van der Waals surface area contributed by atoms with E-state index in [0.717, 1.165) is 0 Å². The molecular formula is C16H13ClFN3OS. The fourth-order valence-electron chi connectivity index (χ4n) is 2.58. The smallest absolute Gasteiger partial charge is 0.163 e. The quantitative estimate of drug-likeness (QED) is 0.919. The summed E-state index contributed by atoms with van der Waals surface area (Å²) in [5.41, 5.74) is 0.00645. The number of Topliss-reactive ketones (excluding diaryl/α,β-unsaturated/α-hetero) is 1. The first-order chi connectivity index (χ1) is 10.9. The monoisotopic (exact) mass is 349 g/mol. The van der Waals surface area contributed by atoms with Gasteiger partial charge >= 0.3 is 0 Å². The van der Waals surface area contributed by atoms with Crippen molar-refractivity contribution in [2.24, 2.45) is 4.99 Å². The van der Waals surface area contributed by atoms with Crippen LogP contribution < -0.4 is 5.32 Å². The van der Waals surface area contributed by atoms with Crippen LogP contribution in [-0.2, 0) is 10.3 Å². The number of nitrogens with zero attached hydrogens (tertiary/aromatic N) is 2. The highest BCUT2D eigenvalue weighted by Crippen LogP contribution is 2.40. The van der Waals surface area contributed by atoms with Crippen molar-refractivity contribution in [3.05, 3.63) is 63.0 Å². The Balaban J connectivity index is 2.18. The molecule has 118 valence electrons. The third-order valence-electron chi connectivity index (χ3n) is 3.68. The maximum Gasteiger partial charge on any atom is 0.163 e. The molecule has 3 rings (SSSR count). The Morgan fingerprint density at radius 1 is 1.43 bits per heavy atom. The first-order valence-corrected chi connectivity index (χ1v) is 8.11. The van der Waals surface area contributed by atoms with Gasteiger partial charge in [0.15, 0.2) is 16.6 Å². The number of amidine groups is 1. The molecule has 0 radical (unpaired) electrons. The largest absolute Gasteiger partial charge is 0.344 e. The zero-order valence-electron chi connectivity index (χ0n) is 12.4. The van der Waals surface area contributed by atoms with Crippen molar-refractivity contribution in [3.63, 3.8) is 0 Å². The Morgan fingerprint density at radius 2 is 2.22 bits per heavy atom. The summed E-state index contributed by atoms with van der Waals surface area (Å²) in [6.07, 6.45) is 3.29. The van der Waals surface area contributed by atoms with Crippen LogP contribution in [0.25, 0.3) is 0 Å². The molecule has 2 aromatic rings. The molecule has 1 atom stereocenters. The Kier molecular flexibility index (Phi) is 4.04. The van der Waals surface area contributed by atoms with E-state index in [1.165, 1.54) is 30.4 Å².